The van der Waals surface area contributed by atoms with E-state index in [1.165, 1.54) is 7.11 Å². The normalized spacial score (nSPS) is 10.2. The van der Waals surface area contributed by atoms with Gasteiger partial charge in [0.2, 0.25) is 0 Å². The van der Waals surface area contributed by atoms with Crippen molar-refractivity contribution in [1.82, 2.24) is 0 Å². The molecule has 0 bridgehead atoms. The molecule has 1 N–H and O–H groups in total. The lowest BCUT2D eigenvalue weighted by Crippen LogP contribution is -2.13. The summed E-state index contributed by atoms with van der Waals surface area (Å²) < 4.78 is 11.3. The smallest absolute Gasteiger partial charge is 0.255 e. The summed E-state index contributed by atoms with van der Waals surface area (Å²) >= 11 is 14.1. The highest BCUT2D eigenvalue weighted by molar-refractivity contribution is 14.1. The number of benzene rings is 2. The zero-order chi connectivity index (χ0) is 16.3. The van der Waals surface area contributed by atoms with Crippen molar-refractivity contribution in [3.05, 3.63) is 49.5 Å². The van der Waals surface area contributed by atoms with Crippen molar-refractivity contribution in [3.63, 3.8) is 0 Å². The molecule has 22 heavy (non-hydrogen) atoms. The van der Waals surface area contributed by atoms with Gasteiger partial charge in [0.25, 0.3) is 5.91 Å². The molecule has 116 valence electrons. The topological polar surface area (TPSA) is 47.6 Å². The largest absolute Gasteiger partial charge is 0.493 e. The third kappa shape index (κ3) is 3.59. The highest BCUT2D eigenvalue weighted by Gasteiger charge is 2.16. The number of carbonyl (C=O) groups excluding carboxylic acids is 1. The second-order valence-corrected chi connectivity index (χ2v) is 6.20. The van der Waals surface area contributed by atoms with Crippen LogP contribution in [0.25, 0.3) is 0 Å². The predicted molar refractivity (Wildman–Crippen MR) is 96.7 cm³/mol. The van der Waals surface area contributed by atoms with Gasteiger partial charge in [0.05, 0.1) is 33.5 Å². The number of anilines is 1. The standard InChI is InChI=1S/C15H12Cl2INO3/c1-21-12-7-8(6-10(18)14(12)22-2)15(20)19-11-5-3-4-9(16)13(11)17/h3-7H,1-2H3,(H,19,20). The lowest BCUT2D eigenvalue weighted by atomic mass is 10.2. The SMILES string of the molecule is COc1cc(C(=O)Nc2cccc(Cl)c2Cl)cc(I)c1OC. The van der Waals surface area contributed by atoms with Gasteiger partial charge in [-0.1, -0.05) is 29.3 Å². The van der Waals surface area contributed by atoms with Gasteiger partial charge in [0.15, 0.2) is 11.5 Å². The molecular weight excluding hydrogens is 440 g/mol. The molecule has 1 amide bonds. The second kappa shape index (κ2) is 7.39. The quantitative estimate of drug-likeness (QED) is 0.674. The number of amides is 1. The summed E-state index contributed by atoms with van der Waals surface area (Å²) in [4.78, 5) is 12.4. The molecule has 4 nitrogen and oxygen atoms in total. The summed E-state index contributed by atoms with van der Waals surface area (Å²) in [7, 11) is 3.06. The van der Waals surface area contributed by atoms with E-state index in [9.17, 15) is 4.79 Å². The van der Waals surface area contributed by atoms with Crippen LogP contribution < -0.4 is 14.8 Å². The summed E-state index contributed by atoms with van der Waals surface area (Å²) in [5, 5.41) is 3.40. The van der Waals surface area contributed by atoms with Crippen LogP contribution in [0.1, 0.15) is 10.4 Å². The number of rotatable bonds is 4. The number of carbonyl (C=O) groups is 1. The molecule has 0 radical (unpaired) electrons. The Morgan fingerprint density at radius 3 is 2.55 bits per heavy atom. The first-order valence-electron chi connectivity index (χ1n) is 6.14. The van der Waals surface area contributed by atoms with Crippen molar-refractivity contribution in [2.45, 2.75) is 0 Å². The van der Waals surface area contributed by atoms with Crippen LogP contribution in [-0.2, 0) is 0 Å². The van der Waals surface area contributed by atoms with Crippen molar-refractivity contribution in [2.75, 3.05) is 19.5 Å². The summed E-state index contributed by atoms with van der Waals surface area (Å²) in [6.07, 6.45) is 0. The monoisotopic (exact) mass is 451 g/mol. The molecule has 0 aliphatic rings. The first-order chi connectivity index (χ1) is 10.5. The van der Waals surface area contributed by atoms with Gasteiger partial charge < -0.3 is 14.8 Å². The number of hydrogen-bond donors (Lipinski definition) is 1. The zero-order valence-corrected chi connectivity index (χ0v) is 15.4. The van der Waals surface area contributed by atoms with E-state index in [2.05, 4.69) is 27.9 Å². The molecule has 0 saturated heterocycles. The van der Waals surface area contributed by atoms with Crippen molar-refractivity contribution in [2.24, 2.45) is 0 Å². The van der Waals surface area contributed by atoms with E-state index in [-0.39, 0.29) is 5.91 Å². The molecule has 0 spiro atoms. The van der Waals surface area contributed by atoms with Crippen LogP contribution in [0.3, 0.4) is 0 Å². The van der Waals surface area contributed by atoms with E-state index < -0.39 is 0 Å². The first-order valence-corrected chi connectivity index (χ1v) is 7.98. The number of nitrogens with one attached hydrogen (secondary N) is 1. The molecule has 0 atom stereocenters. The Bertz CT molecular complexity index is 722. The van der Waals surface area contributed by atoms with Crippen LogP contribution in [0.4, 0.5) is 5.69 Å². The minimum atomic E-state index is -0.317. The van der Waals surface area contributed by atoms with E-state index in [0.29, 0.717) is 32.8 Å². The molecular formula is C15H12Cl2INO3. The molecule has 0 unspecified atom stereocenters. The van der Waals surface area contributed by atoms with Gasteiger partial charge in [-0.3, -0.25) is 4.79 Å². The van der Waals surface area contributed by atoms with E-state index >= 15 is 0 Å². The number of halogens is 3. The summed E-state index contributed by atoms with van der Waals surface area (Å²) in [5.74, 6) is 0.750. The highest BCUT2D eigenvalue weighted by Crippen LogP contribution is 2.34. The average molecular weight is 452 g/mol. The molecule has 7 heteroatoms. The third-order valence-corrected chi connectivity index (χ3v) is 4.52. The summed E-state index contributed by atoms with van der Waals surface area (Å²) in [6.45, 7) is 0. The van der Waals surface area contributed by atoms with Crippen molar-refractivity contribution < 1.29 is 14.3 Å². The zero-order valence-electron chi connectivity index (χ0n) is 11.7. The predicted octanol–water partition coefficient (Wildman–Crippen LogP) is 4.87. The van der Waals surface area contributed by atoms with E-state index in [4.69, 9.17) is 32.7 Å². The van der Waals surface area contributed by atoms with Crippen molar-refractivity contribution in [3.8, 4) is 11.5 Å². The fourth-order valence-electron chi connectivity index (χ4n) is 1.84. The van der Waals surface area contributed by atoms with Gasteiger partial charge in [-0.15, -0.1) is 0 Å². The summed E-state index contributed by atoms with van der Waals surface area (Å²) in [6, 6.07) is 8.35. The minimum absolute atomic E-state index is 0.299. The molecule has 0 heterocycles. The van der Waals surface area contributed by atoms with Crippen molar-refractivity contribution in [1.29, 1.82) is 0 Å². The number of ether oxygens (including phenoxy) is 2. The van der Waals surface area contributed by atoms with Crippen LogP contribution in [0.5, 0.6) is 11.5 Å². The molecule has 0 aromatic heterocycles. The highest BCUT2D eigenvalue weighted by atomic mass is 127. The summed E-state index contributed by atoms with van der Waals surface area (Å²) in [5.41, 5.74) is 0.877. The Kier molecular flexibility index (Phi) is 5.77. The molecule has 0 saturated carbocycles. The second-order valence-electron chi connectivity index (χ2n) is 4.25. The van der Waals surface area contributed by atoms with Crippen LogP contribution in [-0.4, -0.2) is 20.1 Å². The Morgan fingerprint density at radius 2 is 1.91 bits per heavy atom. The Balaban J connectivity index is 2.34. The fourth-order valence-corrected chi connectivity index (χ4v) is 3.01. The average Bonchev–Trinajstić information content (AvgIpc) is 2.50. The van der Waals surface area contributed by atoms with Gasteiger partial charge in [-0.05, 0) is 46.9 Å². The maximum atomic E-state index is 12.4. The van der Waals surface area contributed by atoms with E-state index in [1.54, 1.807) is 37.4 Å². The van der Waals surface area contributed by atoms with Gasteiger partial charge in [-0.25, -0.2) is 0 Å². The van der Waals surface area contributed by atoms with Crippen molar-refractivity contribution >= 4 is 57.4 Å². The molecule has 0 aliphatic carbocycles. The maximum Gasteiger partial charge on any atom is 0.255 e. The van der Waals surface area contributed by atoms with Crippen LogP contribution in [0.2, 0.25) is 10.0 Å². The maximum absolute atomic E-state index is 12.4. The number of hydrogen-bond acceptors (Lipinski definition) is 3. The van der Waals surface area contributed by atoms with Crippen LogP contribution >= 0.6 is 45.8 Å². The van der Waals surface area contributed by atoms with Gasteiger partial charge in [0, 0.05) is 5.56 Å². The fraction of sp³-hybridized carbons (Fsp3) is 0.133. The lowest BCUT2D eigenvalue weighted by molar-refractivity contribution is 0.102. The molecule has 2 aromatic carbocycles. The van der Waals surface area contributed by atoms with Gasteiger partial charge >= 0.3 is 0 Å². The molecule has 0 fully saturated rings. The lowest BCUT2D eigenvalue weighted by Gasteiger charge is -2.13. The third-order valence-electron chi connectivity index (χ3n) is 2.90. The van der Waals surface area contributed by atoms with E-state index in [0.717, 1.165) is 3.57 Å². The Labute approximate surface area is 151 Å². The van der Waals surface area contributed by atoms with Gasteiger partial charge in [0.1, 0.15) is 0 Å². The van der Waals surface area contributed by atoms with Crippen LogP contribution in [0, 0.1) is 3.57 Å². The van der Waals surface area contributed by atoms with E-state index in [1.807, 2.05) is 0 Å². The molecule has 2 rings (SSSR count). The minimum Gasteiger partial charge on any atom is -0.493 e. The Morgan fingerprint density at radius 1 is 1.18 bits per heavy atom. The molecule has 2 aromatic rings. The first kappa shape index (κ1) is 17.2. The Hall–Kier alpha value is -1.18. The molecule has 0 aliphatic heterocycles. The number of methoxy groups -OCH3 is 2. The van der Waals surface area contributed by atoms with Crippen LogP contribution in [0.15, 0.2) is 30.3 Å². The van der Waals surface area contributed by atoms with Gasteiger partial charge in [-0.2, -0.15) is 0 Å².